The molecule has 1 atom stereocenters. The number of thiophene rings is 1. The molecule has 1 aliphatic carbocycles. The zero-order valence-electron chi connectivity index (χ0n) is 10.7. The number of nitrogens with zero attached hydrogens (tertiary/aromatic N) is 1. The number of aromatic nitrogens is 1. The van der Waals surface area contributed by atoms with E-state index in [-0.39, 0.29) is 6.04 Å². The molecule has 0 saturated heterocycles. The average Bonchev–Trinajstić information content (AvgIpc) is 3.10. The largest absolute Gasteiger partial charge is 0.265 e. The highest BCUT2D eigenvalue weighted by Gasteiger charge is 2.21. The van der Waals surface area contributed by atoms with Crippen molar-refractivity contribution in [2.75, 3.05) is 0 Å². The molecule has 6 heteroatoms. The molecule has 20 heavy (non-hydrogen) atoms. The van der Waals surface area contributed by atoms with E-state index in [0.29, 0.717) is 4.21 Å². The summed E-state index contributed by atoms with van der Waals surface area (Å²) < 4.78 is 27.6. The summed E-state index contributed by atoms with van der Waals surface area (Å²) in [5.74, 6) is 0. The van der Waals surface area contributed by atoms with Crippen molar-refractivity contribution in [1.29, 1.82) is 0 Å². The van der Waals surface area contributed by atoms with Gasteiger partial charge in [-0.3, -0.25) is 4.98 Å². The molecule has 1 aliphatic rings. The second-order valence-electron chi connectivity index (χ2n) is 4.59. The Morgan fingerprint density at radius 1 is 1.20 bits per heavy atom. The van der Waals surface area contributed by atoms with Gasteiger partial charge in [0.1, 0.15) is 4.21 Å². The van der Waals surface area contributed by atoms with E-state index in [1.54, 1.807) is 18.5 Å². The first-order valence-electron chi connectivity index (χ1n) is 6.34. The normalized spacial score (nSPS) is 18.5. The van der Waals surface area contributed by atoms with Crippen LogP contribution in [0.15, 0.2) is 53.0 Å². The predicted molar refractivity (Wildman–Crippen MR) is 80.0 cm³/mol. The Bertz CT molecular complexity index is 721. The number of hydrogen-bond donors (Lipinski definition) is 1. The molecule has 0 amide bonds. The van der Waals surface area contributed by atoms with Gasteiger partial charge in [-0.15, -0.1) is 11.3 Å². The predicted octanol–water partition coefficient (Wildman–Crippen LogP) is 2.81. The minimum Gasteiger partial charge on any atom is -0.265 e. The molecule has 2 aromatic heterocycles. The van der Waals surface area contributed by atoms with Crippen molar-refractivity contribution in [2.24, 2.45) is 0 Å². The van der Waals surface area contributed by atoms with Gasteiger partial charge in [0.2, 0.25) is 0 Å². The van der Waals surface area contributed by atoms with Gasteiger partial charge in [0.05, 0.1) is 0 Å². The molecule has 0 aliphatic heterocycles. The van der Waals surface area contributed by atoms with E-state index >= 15 is 0 Å². The third-order valence-electron chi connectivity index (χ3n) is 3.13. The summed E-state index contributed by atoms with van der Waals surface area (Å²) in [6, 6.07) is 7.15. The molecule has 3 rings (SSSR count). The molecule has 0 aromatic carbocycles. The monoisotopic (exact) mass is 306 g/mol. The molecule has 0 fully saturated rings. The highest BCUT2D eigenvalue weighted by atomic mass is 32.2. The average molecular weight is 306 g/mol. The number of nitrogens with one attached hydrogen (secondary N) is 1. The fraction of sp³-hybridized carbons (Fsp3) is 0.214. The molecule has 2 aromatic rings. The first kappa shape index (κ1) is 13.5. The molecule has 0 saturated carbocycles. The maximum absolute atomic E-state index is 12.3. The van der Waals surface area contributed by atoms with Gasteiger partial charge in [-0.25, -0.2) is 13.1 Å². The van der Waals surface area contributed by atoms with E-state index in [1.807, 2.05) is 30.4 Å². The summed E-state index contributed by atoms with van der Waals surface area (Å²) in [5.41, 5.74) is 0.979. The van der Waals surface area contributed by atoms with Crippen LogP contribution >= 0.6 is 11.3 Å². The molecule has 1 N–H and O–H groups in total. The fourth-order valence-electron chi connectivity index (χ4n) is 2.12. The van der Waals surface area contributed by atoms with E-state index in [4.69, 9.17) is 0 Å². The van der Waals surface area contributed by atoms with Gasteiger partial charge in [-0.1, -0.05) is 12.2 Å². The molecule has 1 unspecified atom stereocenters. The Kier molecular flexibility index (Phi) is 3.69. The van der Waals surface area contributed by atoms with Crippen LogP contribution in [0, 0.1) is 0 Å². The summed E-state index contributed by atoms with van der Waals surface area (Å²) in [4.78, 5) is 4.89. The topological polar surface area (TPSA) is 59.1 Å². The van der Waals surface area contributed by atoms with E-state index < -0.39 is 10.0 Å². The Balaban J connectivity index is 1.84. The van der Waals surface area contributed by atoms with E-state index in [2.05, 4.69) is 9.71 Å². The van der Waals surface area contributed by atoms with Crippen molar-refractivity contribution < 1.29 is 8.42 Å². The maximum atomic E-state index is 12.3. The summed E-state index contributed by atoms with van der Waals surface area (Å²) >= 11 is 1.27. The molecule has 0 spiro atoms. The van der Waals surface area contributed by atoms with E-state index in [1.165, 1.54) is 11.3 Å². The van der Waals surface area contributed by atoms with Crippen LogP contribution in [0.5, 0.6) is 0 Å². The van der Waals surface area contributed by atoms with Gasteiger partial charge in [0, 0.05) is 23.3 Å². The van der Waals surface area contributed by atoms with Gasteiger partial charge >= 0.3 is 0 Å². The molecular formula is C14H14N2O2S2. The van der Waals surface area contributed by atoms with Crippen LogP contribution in [0.2, 0.25) is 0 Å². The first-order valence-corrected chi connectivity index (χ1v) is 8.64. The van der Waals surface area contributed by atoms with Crippen molar-refractivity contribution in [3.05, 3.63) is 48.8 Å². The lowest BCUT2D eigenvalue weighted by molar-refractivity contribution is 0.571. The molecule has 0 bridgehead atoms. The summed E-state index contributed by atoms with van der Waals surface area (Å²) in [5, 5.41) is 0. The van der Waals surface area contributed by atoms with Crippen molar-refractivity contribution in [3.8, 4) is 10.4 Å². The number of pyridine rings is 1. The maximum Gasteiger partial charge on any atom is 0.250 e. The van der Waals surface area contributed by atoms with Gasteiger partial charge in [0.15, 0.2) is 0 Å². The second kappa shape index (κ2) is 5.47. The molecule has 104 valence electrons. The van der Waals surface area contributed by atoms with Crippen LogP contribution in [0.4, 0.5) is 0 Å². The zero-order valence-corrected chi connectivity index (χ0v) is 12.3. The molecule has 4 nitrogen and oxygen atoms in total. The van der Waals surface area contributed by atoms with Gasteiger partial charge in [-0.2, -0.15) is 0 Å². The lowest BCUT2D eigenvalue weighted by Crippen LogP contribution is -2.31. The summed E-state index contributed by atoms with van der Waals surface area (Å²) in [6.45, 7) is 0. The third kappa shape index (κ3) is 2.82. The second-order valence-corrected chi connectivity index (χ2v) is 7.61. The first-order chi connectivity index (χ1) is 9.65. The van der Waals surface area contributed by atoms with Crippen LogP contribution in [0.1, 0.15) is 12.8 Å². The smallest absolute Gasteiger partial charge is 0.250 e. The number of allylic oxidation sites excluding steroid dienone is 1. The molecule has 0 radical (unpaired) electrons. The number of rotatable bonds is 4. The molecular weight excluding hydrogens is 292 g/mol. The Morgan fingerprint density at radius 3 is 2.70 bits per heavy atom. The molecule has 2 heterocycles. The van der Waals surface area contributed by atoms with E-state index in [9.17, 15) is 8.42 Å². The fourth-order valence-corrected chi connectivity index (χ4v) is 4.68. The lowest BCUT2D eigenvalue weighted by atomic mass is 10.2. The zero-order chi connectivity index (χ0) is 14.0. The van der Waals surface area contributed by atoms with Crippen LogP contribution in [-0.2, 0) is 10.0 Å². The van der Waals surface area contributed by atoms with Crippen molar-refractivity contribution in [1.82, 2.24) is 9.71 Å². The third-order valence-corrected chi connectivity index (χ3v) is 6.25. The van der Waals surface area contributed by atoms with Gasteiger partial charge in [0.25, 0.3) is 10.0 Å². The Hall–Kier alpha value is -1.50. The van der Waals surface area contributed by atoms with Crippen LogP contribution in [0.3, 0.4) is 0 Å². The Labute approximate surface area is 122 Å². The van der Waals surface area contributed by atoms with Crippen LogP contribution < -0.4 is 4.72 Å². The van der Waals surface area contributed by atoms with Crippen LogP contribution in [0.25, 0.3) is 10.4 Å². The van der Waals surface area contributed by atoms with Gasteiger partial charge < -0.3 is 0 Å². The highest BCUT2D eigenvalue weighted by molar-refractivity contribution is 7.91. The summed E-state index contributed by atoms with van der Waals surface area (Å²) in [6.07, 6.45) is 9.08. The highest BCUT2D eigenvalue weighted by Crippen LogP contribution is 2.30. The minimum atomic E-state index is -3.43. The summed E-state index contributed by atoms with van der Waals surface area (Å²) in [7, 11) is -3.43. The Morgan fingerprint density at radius 2 is 2.00 bits per heavy atom. The quantitative estimate of drug-likeness (QED) is 0.884. The lowest BCUT2D eigenvalue weighted by Gasteiger charge is -2.09. The van der Waals surface area contributed by atoms with Crippen LogP contribution in [-0.4, -0.2) is 19.4 Å². The van der Waals surface area contributed by atoms with Crippen molar-refractivity contribution in [2.45, 2.75) is 23.1 Å². The number of hydrogen-bond acceptors (Lipinski definition) is 4. The van der Waals surface area contributed by atoms with Crippen molar-refractivity contribution >= 4 is 21.4 Å². The van der Waals surface area contributed by atoms with E-state index in [0.717, 1.165) is 23.3 Å². The minimum absolute atomic E-state index is 0.0773. The SMILES string of the molecule is O=S(=O)(NC1C=CCC1)c1ccc(-c2ccncc2)s1. The standard InChI is InChI=1S/C14H14N2O2S2/c17-20(18,16-12-3-1-2-4-12)14-6-5-13(19-14)11-7-9-15-10-8-11/h1,3,5-10,12,16H,2,4H2. The number of sulfonamides is 1. The van der Waals surface area contributed by atoms with Gasteiger partial charge in [-0.05, 0) is 42.7 Å². The van der Waals surface area contributed by atoms with Crippen molar-refractivity contribution in [3.63, 3.8) is 0 Å².